The number of anilines is 2. The molecule has 0 saturated heterocycles. The minimum atomic E-state index is -0.0290. The summed E-state index contributed by atoms with van der Waals surface area (Å²) in [5, 5.41) is 2.67. The number of rotatable bonds is 2. The van der Waals surface area contributed by atoms with Crippen LogP contribution in [-0.2, 0) is 18.9 Å². The molecule has 5 aromatic rings. The molecule has 2 heterocycles. The second kappa shape index (κ2) is 6.99. The van der Waals surface area contributed by atoms with Crippen molar-refractivity contribution in [2.45, 2.75) is 32.6 Å². The van der Waals surface area contributed by atoms with Crippen molar-refractivity contribution < 1.29 is 0 Å². The molecule has 6 rings (SSSR count). The molecule has 1 aliphatic heterocycles. The zero-order valence-corrected chi connectivity index (χ0v) is 20.1. The number of para-hydroxylation sites is 1. The fourth-order valence-corrected chi connectivity index (χ4v) is 5.76. The Morgan fingerprint density at radius 2 is 1.30 bits per heavy atom. The second-order valence-electron chi connectivity index (χ2n) is 10.2. The molecule has 0 atom stereocenters. The van der Waals surface area contributed by atoms with Gasteiger partial charge < -0.3 is 9.47 Å². The van der Waals surface area contributed by atoms with Gasteiger partial charge in [-0.3, -0.25) is 0 Å². The van der Waals surface area contributed by atoms with Crippen LogP contribution in [0.3, 0.4) is 0 Å². The molecule has 0 amide bonds. The van der Waals surface area contributed by atoms with E-state index in [9.17, 15) is 0 Å². The average Bonchev–Trinajstić information content (AvgIpc) is 3.10. The number of nitrogens with zero attached hydrogens (tertiary/aromatic N) is 2. The van der Waals surface area contributed by atoms with Gasteiger partial charge in [-0.15, -0.1) is 0 Å². The first-order valence-electron chi connectivity index (χ1n) is 11.8. The number of benzene rings is 4. The van der Waals surface area contributed by atoms with Crippen LogP contribution >= 0.6 is 0 Å². The zero-order chi connectivity index (χ0) is 22.9. The smallest absolute Gasteiger partial charge is 0.0488 e. The van der Waals surface area contributed by atoms with Crippen LogP contribution in [0, 0.1) is 6.92 Å². The van der Waals surface area contributed by atoms with Crippen molar-refractivity contribution in [3.63, 3.8) is 0 Å². The summed E-state index contributed by atoms with van der Waals surface area (Å²) < 4.78 is 2.30. The van der Waals surface area contributed by atoms with Crippen molar-refractivity contribution in [2.75, 3.05) is 11.9 Å². The Labute approximate surface area is 196 Å². The van der Waals surface area contributed by atoms with E-state index in [4.69, 9.17) is 0 Å². The van der Waals surface area contributed by atoms with Crippen molar-refractivity contribution in [1.29, 1.82) is 0 Å². The van der Waals surface area contributed by atoms with Crippen LogP contribution in [-0.4, -0.2) is 11.6 Å². The summed E-state index contributed by atoms with van der Waals surface area (Å²) in [6, 6.07) is 29.5. The van der Waals surface area contributed by atoms with Crippen LogP contribution in [0.1, 0.15) is 41.7 Å². The number of hydrogen-bond donors (Lipinski definition) is 0. The van der Waals surface area contributed by atoms with Crippen LogP contribution in [0.25, 0.3) is 21.8 Å². The average molecular weight is 431 g/mol. The lowest BCUT2D eigenvalue weighted by molar-refractivity contribution is 0.628. The molecule has 0 radical (unpaired) electrons. The molecule has 0 saturated carbocycles. The highest BCUT2D eigenvalue weighted by Gasteiger charge is 2.35. The zero-order valence-electron chi connectivity index (χ0n) is 20.1. The van der Waals surface area contributed by atoms with Crippen molar-refractivity contribution in [1.82, 2.24) is 4.57 Å². The Balaban J connectivity index is 1.43. The molecule has 2 nitrogen and oxygen atoms in total. The van der Waals surface area contributed by atoms with Crippen LogP contribution in [0.15, 0.2) is 78.9 Å². The quantitative estimate of drug-likeness (QED) is 0.279. The van der Waals surface area contributed by atoms with E-state index in [1.54, 1.807) is 0 Å². The highest BCUT2D eigenvalue weighted by molar-refractivity contribution is 6.08. The summed E-state index contributed by atoms with van der Waals surface area (Å²) in [5.74, 6) is 0. The Morgan fingerprint density at radius 3 is 2.12 bits per heavy atom. The molecular formula is C31H30N2. The lowest BCUT2D eigenvalue weighted by atomic mass is 9.73. The molecule has 4 aromatic carbocycles. The first kappa shape index (κ1) is 20.1. The van der Waals surface area contributed by atoms with Gasteiger partial charge >= 0.3 is 0 Å². The number of aryl methyl sites for hydroxylation is 2. The standard InChI is InChI=1S/C31H30N2/c1-20-10-13-29-25(16-20)31(2,3)26-19-22(12-15-30(26)33(29)5)17-21-11-14-28-24(18-21)23-8-6-7-9-27(23)32(28)4/h6-16,18-19H,17H2,1-5H3. The fourth-order valence-electron chi connectivity index (χ4n) is 5.76. The van der Waals surface area contributed by atoms with E-state index in [1.807, 2.05) is 0 Å². The monoisotopic (exact) mass is 430 g/mol. The van der Waals surface area contributed by atoms with E-state index in [-0.39, 0.29) is 5.41 Å². The SMILES string of the molecule is Cc1ccc2c(c1)C(C)(C)c1cc(Cc3ccc4c(c3)c3ccccc3n4C)ccc1N2C. The third-order valence-corrected chi connectivity index (χ3v) is 7.67. The summed E-state index contributed by atoms with van der Waals surface area (Å²) in [4.78, 5) is 2.35. The topological polar surface area (TPSA) is 8.17 Å². The maximum absolute atomic E-state index is 2.43. The molecule has 0 N–H and O–H groups in total. The van der Waals surface area contributed by atoms with Crippen molar-refractivity contribution in [3.05, 3.63) is 107 Å². The predicted molar refractivity (Wildman–Crippen MR) is 141 cm³/mol. The normalized spacial score (nSPS) is 14.5. The highest BCUT2D eigenvalue weighted by Crippen LogP contribution is 2.48. The molecule has 1 aliphatic rings. The first-order valence-corrected chi connectivity index (χ1v) is 11.8. The summed E-state index contributed by atoms with van der Waals surface area (Å²) in [5.41, 5.74) is 12.0. The van der Waals surface area contributed by atoms with Crippen molar-refractivity contribution >= 4 is 33.2 Å². The van der Waals surface area contributed by atoms with E-state index < -0.39 is 0 Å². The Morgan fingerprint density at radius 1 is 0.667 bits per heavy atom. The highest BCUT2D eigenvalue weighted by atomic mass is 15.1. The van der Waals surface area contributed by atoms with Gasteiger partial charge in [-0.25, -0.2) is 0 Å². The minimum Gasteiger partial charge on any atom is -0.344 e. The van der Waals surface area contributed by atoms with Gasteiger partial charge in [-0.2, -0.15) is 0 Å². The summed E-state index contributed by atoms with van der Waals surface area (Å²) in [6.07, 6.45) is 0.937. The number of aromatic nitrogens is 1. The third kappa shape index (κ3) is 2.94. The van der Waals surface area contributed by atoms with Crippen molar-refractivity contribution in [3.8, 4) is 0 Å². The van der Waals surface area contributed by atoms with Gasteiger partial charge in [0.2, 0.25) is 0 Å². The molecular weight excluding hydrogens is 400 g/mol. The molecule has 0 aliphatic carbocycles. The third-order valence-electron chi connectivity index (χ3n) is 7.67. The number of fused-ring (bicyclic) bond motifs is 5. The molecule has 33 heavy (non-hydrogen) atoms. The molecule has 164 valence electrons. The largest absolute Gasteiger partial charge is 0.344 e. The summed E-state index contributed by atoms with van der Waals surface area (Å²) >= 11 is 0. The van der Waals surface area contributed by atoms with Crippen LogP contribution in [0.4, 0.5) is 11.4 Å². The van der Waals surface area contributed by atoms with Gasteiger partial charge in [0.1, 0.15) is 0 Å². The van der Waals surface area contributed by atoms with Gasteiger partial charge in [0, 0.05) is 52.7 Å². The summed E-state index contributed by atoms with van der Waals surface area (Å²) in [6.45, 7) is 6.91. The molecule has 2 heteroatoms. The van der Waals surface area contributed by atoms with E-state index in [0.717, 1.165) is 6.42 Å². The first-order chi connectivity index (χ1) is 15.8. The van der Waals surface area contributed by atoms with Crippen LogP contribution in [0.5, 0.6) is 0 Å². The van der Waals surface area contributed by atoms with E-state index in [1.165, 1.54) is 61.0 Å². The lowest BCUT2D eigenvalue weighted by Crippen LogP contribution is -2.31. The molecule has 1 aromatic heterocycles. The molecule has 0 spiro atoms. The predicted octanol–water partition coefficient (Wildman–Crippen LogP) is 7.64. The van der Waals surface area contributed by atoms with Crippen molar-refractivity contribution in [2.24, 2.45) is 7.05 Å². The maximum Gasteiger partial charge on any atom is 0.0488 e. The van der Waals surface area contributed by atoms with E-state index >= 15 is 0 Å². The maximum atomic E-state index is 2.43. The summed E-state index contributed by atoms with van der Waals surface area (Å²) in [7, 11) is 4.35. The fraction of sp³-hybridized carbons (Fsp3) is 0.226. The van der Waals surface area contributed by atoms with E-state index in [2.05, 4.69) is 123 Å². The van der Waals surface area contributed by atoms with Gasteiger partial charge in [0.25, 0.3) is 0 Å². The number of hydrogen-bond acceptors (Lipinski definition) is 1. The Hall–Kier alpha value is -3.52. The molecule has 0 fully saturated rings. The van der Waals surface area contributed by atoms with Crippen LogP contribution in [0.2, 0.25) is 0 Å². The van der Waals surface area contributed by atoms with Gasteiger partial charge in [-0.1, -0.05) is 67.9 Å². The van der Waals surface area contributed by atoms with Crippen LogP contribution < -0.4 is 4.90 Å². The molecule has 0 bridgehead atoms. The van der Waals surface area contributed by atoms with Gasteiger partial charge in [0.05, 0.1) is 0 Å². The van der Waals surface area contributed by atoms with Gasteiger partial charge in [0.15, 0.2) is 0 Å². The lowest BCUT2D eigenvalue weighted by Gasteiger charge is -2.41. The molecule has 0 unspecified atom stereocenters. The Bertz CT molecular complexity index is 1550. The van der Waals surface area contributed by atoms with E-state index in [0.29, 0.717) is 0 Å². The second-order valence-corrected chi connectivity index (χ2v) is 10.2. The Kier molecular flexibility index (Phi) is 4.26. The minimum absolute atomic E-state index is 0.0290. The van der Waals surface area contributed by atoms with Gasteiger partial charge in [-0.05, 0) is 65.9 Å².